The molecule has 5 rings (SSSR count). The van der Waals surface area contributed by atoms with E-state index in [1.54, 1.807) is 12.4 Å². The highest BCUT2D eigenvalue weighted by atomic mass is 32.2. The van der Waals surface area contributed by atoms with Crippen molar-refractivity contribution in [2.45, 2.75) is 31.1 Å². The summed E-state index contributed by atoms with van der Waals surface area (Å²) in [4.78, 5) is 20.8. The molecule has 0 atom stereocenters. The van der Waals surface area contributed by atoms with Gasteiger partial charge in [-0.2, -0.15) is 4.31 Å². The molecule has 1 saturated heterocycles. The van der Waals surface area contributed by atoms with Crippen molar-refractivity contribution in [1.29, 1.82) is 0 Å². The van der Waals surface area contributed by atoms with Crippen molar-refractivity contribution in [3.8, 4) is 11.3 Å². The van der Waals surface area contributed by atoms with E-state index >= 15 is 0 Å². The number of sulfonamides is 1. The number of ether oxygens (including phenoxy) is 1. The maximum absolute atomic E-state index is 13.3. The molecular formula is C24H25N3O4S. The third kappa shape index (κ3) is 3.90. The highest BCUT2D eigenvalue weighted by Gasteiger charge is 2.39. The summed E-state index contributed by atoms with van der Waals surface area (Å²) in [6, 6.07) is 13.8. The van der Waals surface area contributed by atoms with Crippen LogP contribution in [0.1, 0.15) is 40.0 Å². The Bertz CT molecular complexity index is 1220. The summed E-state index contributed by atoms with van der Waals surface area (Å²) in [6.07, 6.45) is 4.94. The quantitative estimate of drug-likeness (QED) is 0.643. The number of nitrogens with one attached hydrogen (secondary N) is 1. The van der Waals surface area contributed by atoms with Gasteiger partial charge in [-0.15, -0.1) is 0 Å². The van der Waals surface area contributed by atoms with Crippen LogP contribution in [0.4, 0.5) is 0 Å². The van der Waals surface area contributed by atoms with Crippen molar-refractivity contribution in [3.63, 3.8) is 0 Å². The molecule has 0 unspecified atom stereocenters. The van der Waals surface area contributed by atoms with Crippen molar-refractivity contribution in [3.05, 3.63) is 77.2 Å². The van der Waals surface area contributed by atoms with Crippen molar-refractivity contribution >= 4 is 15.8 Å². The second-order valence-electron chi connectivity index (χ2n) is 8.28. The number of hydrogen-bond donors (Lipinski definition) is 1. The molecule has 0 amide bonds. The van der Waals surface area contributed by atoms with Gasteiger partial charge in [0, 0.05) is 48.8 Å². The maximum Gasteiger partial charge on any atom is 0.217 e. The molecule has 2 aromatic heterocycles. The Labute approximate surface area is 187 Å². The number of fused-ring (bicyclic) bond motifs is 1. The predicted molar refractivity (Wildman–Crippen MR) is 121 cm³/mol. The smallest absolute Gasteiger partial charge is 0.217 e. The van der Waals surface area contributed by atoms with E-state index in [0.717, 1.165) is 22.4 Å². The fourth-order valence-corrected chi connectivity index (χ4v) is 6.45. The first-order chi connectivity index (χ1) is 15.5. The summed E-state index contributed by atoms with van der Waals surface area (Å²) in [5, 5.41) is -0.496. The molecule has 3 aromatic rings. The zero-order chi connectivity index (χ0) is 22.1. The highest BCUT2D eigenvalue weighted by Crippen LogP contribution is 2.35. The SMILES string of the molecule is O=C1CN(S(=O)(=O)C2CCOCC2)Cc2[nH]c(-c3ccncc3)c(Cc3ccccc3)c21. The second-order valence-corrected chi connectivity index (χ2v) is 10.5. The van der Waals surface area contributed by atoms with E-state index in [-0.39, 0.29) is 18.9 Å². The average Bonchev–Trinajstić information content (AvgIpc) is 3.19. The molecule has 1 N–H and O–H groups in total. The van der Waals surface area contributed by atoms with Crippen LogP contribution in [0.5, 0.6) is 0 Å². The van der Waals surface area contributed by atoms with Gasteiger partial charge in [0.15, 0.2) is 5.78 Å². The first kappa shape index (κ1) is 21.1. The normalized spacial score (nSPS) is 17.9. The van der Waals surface area contributed by atoms with Gasteiger partial charge in [0.25, 0.3) is 0 Å². The monoisotopic (exact) mass is 451 g/mol. The summed E-state index contributed by atoms with van der Waals surface area (Å²) >= 11 is 0. The lowest BCUT2D eigenvalue weighted by molar-refractivity contribution is 0.0926. The molecule has 166 valence electrons. The molecule has 7 nitrogen and oxygen atoms in total. The lowest BCUT2D eigenvalue weighted by atomic mass is 9.94. The molecule has 2 aliphatic rings. The zero-order valence-electron chi connectivity index (χ0n) is 17.7. The Morgan fingerprint density at radius 3 is 2.47 bits per heavy atom. The Kier molecular flexibility index (Phi) is 5.67. The Hall–Kier alpha value is -2.81. The predicted octanol–water partition coefficient (Wildman–Crippen LogP) is 3.17. The number of pyridine rings is 1. The molecule has 4 heterocycles. The van der Waals surface area contributed by atoms with Crippen LogP contribution in [0.25, 0.3) is 11.3 Å². The molecule has 0 bridgehead atoms. The summed E-state index contributed by atoms with van der Waals surface area (Å²) in [6.45, 7) is 0.926. The van der Waals surface area contributed by atoms with Crippen LogP contribution in [0.15, 0.2) is 54.9 Å². The van der Waals surface area contributed by atoms with E-state index in [4.69, 9.17) is 4.74 Å². The van der Waals surface area contributed by atoms with Crippen molar-refractivity contribution in [2.75, 3.05) is 19.8 Å². The number of Topliss-reactive ketones (excluding diaryl/α,β-unsaturated/α-hetero) is 1. The molecule has 0 radical (unpaired) electrons. The van der Waals surface area contributed by atoms with Crippen LogP contribution in [0.2, 0.25) is 0 Å². The molecule has 0 saturated carbocycles. The number of carbonyl (C=O) groups is 1. The second kappa shape index (κ2) is 8.61. The molecule has 0 spiro atoms. The van der Waals surface area contributed by atoms with Crippen LogP contribution < -0.4 is 0 Å². The number of H-pyrrole nitrogens is 1. The largest absolute Gasteiger partial charge is 0.381 e. The van der Waals surface area contributed by atoms with E-state index in [1.165, 1.54) is 4.31 Å². The first-order valence-corrected chi connectivity index (χ1v) is 12.3. The van der Waals surface area contributed by atoms with Crippen molar-refractivity contribution < 1.29 is 17.9 Å². The molecular weight excluding hydrogens is 426 g/mol. The summed E-state index contributed by atoms with van der Waals surface area (Å²) < 4.78 is 33.2. The fourth-order valence-electron chi connectivity index (χ4n) is 4.63. The minimum absolute atomic E-state index is 0.123. The third-order valence-electron chi connectivity index (χ3n) is 6.26. The zero-order valence-corrected chi connectivity index (χ0v) is 18.5. The number of aromatic amines is 1. The van der Waals surface area contributed by atoms with Crippen LogP contribution in [0, 0.1) is 0 Å². The topological polar surface area (TPSA) is 92.4 Å². The summed E-state index contributed by atoms with van der Waals surface area (Å²) in [5.74, 6) is -0.163. The van der Waals surface area contributed by atoms with Gasteiger partial charge >= 0.3 is 0 Å². The van der Waals surface area contributed by atoms with E-state index in [9.17, 15) is 13.2 Å². The van der Waals surface area contributed by atoms with Gasteiger partial charge in [0.2, 0.25) is 10.0 Å². The van der Waals surface area contributed by atoms with Crippen LogP contribution in [-0.2, 0) is 27.7 Å². The van der Waals surface area contributed by atoms with Crippen molar-refractivity contribution in [2.24, 2.45) is 0 Å². The molecule has 1 fully saturated rings. The molecule has 2 aliphatic heterocycles. The van der Waals surface area contributed by atoms with Gasteiger partial charge in [0.05, 0.1) is 24.0 Å². The summed E-state index contributed by atoms with van der Waals surface area (Å²) in [5.41, 5.74) is 5.06. The van der Waals surface area contributed by atoms with Crippen molar-refractivity contribution in [1.82, 2.24) is 14.3 Å². The minimum atomic E-state index is -3.59. The van der Waals surface area contributed by atoms with Gasteiger partial charge in [-0.3, -0.25) is 9.78 Å². The molecule has 8 heteroatoms. The van der Waals surface area contributed by atoms with E-state index in [0.29, 0.717) is 43.7 Å². The minimum Gasteiger partial charge on any atom is -0.381 e. The number of rotatable bonds is 5. The van der Waals surface area contributed by atoms with Gasteiger partial charge in [-0.25, -0.2) is 8.42 Å². The maximum atomic E-state index is 13.3. The van der Waals surface area contributed by atoms with Crippen LogP contribution >= 0.6 is 0 Å². The number of benzene rings is 1. The lowest BCUT2D eigenvalue weighted by Crippen LogP contribution is -2.45. The van der Waals surface area contributed by atoms with Gasteiger partial charge < -0.3 is 9.72 Å². The standard InChI is InChI=1S/C24H25N3O4S/c28-22-16-27(32(29,30)19-8-12-31-13-9-19)15-21-23(22)20(14-17-4-2-1-3-5-17)24(26-21)18-6-10-25-11-7-18/h1-7,10-11,19,26H,8-9,12-16H2. The fraction of sp³-hybridized carbons (Fsp3) is 0.333. The highest BCUT2D eigenvalue weighted by molar-refractivity contribution is 7.89. The van der Waals surface area contributed by atoms with Gasteiger partial charge in [-0.1, -0.05) is 30.3 Å². The number of aromatic nitrogens is 2. The van der Waals surface area contributed by atoms with Crippen LogP contribution in [0.3, 0.4) is 0 Å². The van der Waals surface area contributed by atoms with Crippen LogP contribution in [-0.4, -0.2) is 53.5 Å². The van der Waals surface area contributed by atoms with E-state index < -0.39 is 15.3 Å². The molecule has 1 aromatic carbocycles. The Balaban J connectivity index is 1.55. The third-order valence-corrected chi connectivity index (χ3v) is 8.55. The lowest BCUT2D eigenvalue weighted by Gasteiger charge is -2.31. The van der Waals surface area contributed by atoms with Gasteiger partial charge in [0.1, 0.15) is 0 Å². The number of ketones is 1. The van der Waals surface area contributed by atoms with E-state index in [2.05, 4.69) is 9.97 Å². The summed E-state index contributed by atoms with van der Waals surface area (Å²) in [7, 11) is -3.59. The Morgan fingerprint density at radius 2 is 1.75 bits per heavy atom. The first-order valence-electron chi connectivity index (χ1n) is 10.8. The number of carbonyl (C=O) groups excluding carboxylic acids is 1. The van der Waals surface area contributed by atoms with E-state index in [1.807, 2.05) is 42.5 Å². The molecule has 32 heavy (non-hydrogen) atoms. The average molecular weight is 452 g/mol. The Morgan fingerprint density at radius 1 is 1.03 bits per heavy atom. The van der Waals surface area contributed by atoms with Gasteiger partial charge in [-0.05, 0) is 36.1 Å². The number of nitrogens with zero attached hydrogens (tertiary/aromatic N) is 2. The molecule has 0 aliphatic carbocycles. The number of hydrogen-bond acceptors (Lipinski definition) is 5.